The van der Waals surface area contributed by atoms with Crippen molar-refractivity contribution in [3.63, 3.8) is 0 Å². The average molecular weight is 268 g/mol. The van der Waals surface area contributed by atoms with Gasteiger partial charge < -0.3 is 14.8 Å². The molecule has 0 saturated carbocycles. The van der Waals surface area contributed by atoms with Crippen molar-refractivity contribution < 1.29 is 9.47 Å². The van der Waals surface area contributed by atoms with Gasteiger partial charge in [-0.15, -0.1) is 0 Å². The first-order valence-corrected chi connectivity index (χ1v) is 6.97. The molecule has 0 aliphatic heterocycles. The van der Waals surface area contributed by atoms with Crippen LogP contribution in [0.4, 0.5) is 0 Å². The zero-order valence-electron chi connectivity index (χ0n) is 12.9. The fourth-order valence-corrected chi connectivity index (χ4v) is 1.64. The SMILES string of the molecule is CCCCC/C=C/[C@@H](OC(C)(C)OC)[C@@H](C#N)NC. The lowest BCUT2D eigenvalue weighted by Gasteiger charge is -2.30. The van der Waals surface area contributed by atoms with Gasteiger partial charge in [0.05, 0.1) is 6.07 Å². The van der Waals surface area contributed by atoms with Gasteiger partial charge in [0.2, 0.25) is 0 Å². The van der Waals surface area contributed by atoms with Crippen LogP contribution in [-0.4, -0.2) is 32.1 Å². The van der Waals surface area contributed by atoms with E-state index in [4.69, 9.17) is 14.7 Å². The Morgan fingerprint density at radius 2 is 2.05 bits per heavy atom. The van der Waals surface area contributed by atoms with Crippen LogP contribution in [0.15, 0.2) is 12.2 Å². The van der Waals surface area contributed by atoms with Gasteiger partial charge in [-0.05, 0) is 33.7 Å². The van der Waals surface area contributed by atoms with Gasteiger partial charge in [0.25, 0.3) is 0 Å². The van der Waals surface area contributed by atoms with E-state index in [0.29, 0.717) is 0 Å². The van der Waals surface area contributed by atoms with E-state index < -0.39 is 5.79 Å². The lowest BCUT2D eigenvalue weighted by molar-refractivity contribution is -0.215. The van der Waals surface area contributed by atoms with E-state index in [0.717, 1.165) is 6.42 Å². The number of nitrogens with one attached hydrogen (secondary N) is 1. The molecule has 0 aromatic heterocycles. The molecule has 0 bridgehead atoms. The topological polar surface area (TPSA) is 54.3 Å². The number of nitrogens with zero attached hydrogens (tertiary/aromatic N) is 1. The zero-order valence-corrected chi connectivity index (χ0v) is 12.9. The van der Waals surface area contributed by atoms with Crippen molar-refractivity contribution in [2.75, 3.05) is 14.2 Å². The third kappa shape index (κ3) is 7.99. The molecule has 0 aromatic rings. The molecule has 110 valence electrons. The summed E-state index contributed by atoms with van der Waals surface area (Å²) in [7, 11) is 3.36. The minimum atomic E-state index is -0.704. The van der Waals surface area contributed by atoms with Crippen LogP contribution in [-0.2, 0) is 9.47 Å². The van der Waals surface area contributed by atoms with Gasteiger partial charge in [-0.3, -0.25) is 0 Å². The molecule has 0 heterocycles. The van der Waals surface area contributed by atoms with E-state index in [1.807, 2.05) is 19.9 Å². The Morgan fingerprint density at radius 1 is 1.37 bits per heavy atom. The summed E-state index contributed by atoms with van der Waals surface area (Å²) in [6.45, 7) is 5.87. The first kappa shape index (κ1) is 18.1. The largest absolute Gasteiger partial charge is 0.354 e. The third-order valence-electron chi connectivity index (χ3n) is 2.99. The van der Waals surface area contributed by atoms with Crippen LogP contribution in [0.5, 0.6) is 0 Å². The second-order valence-corrected chi connectivity index (χ2v) is 5.01. The van der Waals surface area contributed by atoms with Crippen LogP contribution in [0.3, 0.4) is 0 Å². The smallest absolute Gasteiger partial charge is 0.163 e. The molecule has 0 amide bonds. The maximum atomic E-state index is 9.14. The van der Waals surface area contributed by atoms with Crippen LogP contribution in [0.25, 0.3) is 0 Å². The number of methoxy groups -OCH3 is 1. The van der Waals surface area contributed by atoms with Crippen molar-refractivity contribution in [1.82, 2.24) is 5.32 Å². The second kappa shape index (κ2) is 9.96. The van der Waals surface area contributed by atoms with Crippen LogP contribution in [0, 0.1) is 11.3 Å². The monoisotopic (exact) mass is 268 g/mol. The van der Waals surface area contributed by atoms with Gasteiger partial charge in [0.1, 0.15) is 12.1 Å². The molecular formula is C15H28N2O2. The molecule has 1 N–H and O–H groups in total. The number of likely N-dealkylation sites (N-methyl/N-ethyl adjacent to an activating group) is 1. The number of ether oxygens (including phenoxy) is 2. The van der Waals surface area contributed by atoms with Gasteiger partial charge in [0, 0.05) is 7.11 Å². The van der Waals surface area contributed by atoms with Gasteiger partial charge in [-0.25, -0.2) is 0 Å². The van der Waals surface area contributed by atoms with Crippen molar-refractivity contribution in [2.24, 2.45) is 0 Å². The van der Waals surface area contributed by atoms with Crippen LogP contribution < -0.4 is 5.32 Å². The third-order valence-corrected chi connectivity index (χ3v) is 2.99. The Morgan fingerprint density at radius 3 is 2.53 bits per heavy atom. The van der Waals surface area contributed by atoms with Crippen molar-refractivity contribution >= 4 is 0 Å². The molecule has 19 heavy (non-hydrogen) atoms. The highest BCUT2D eigenvalue weighted by Gasteiger charge is 2.26. The Hall–Kier alpha value is -0.890. The molecule has 2 atom stereocenters. The summed E-state index contributed by atoms with van der Waals surface area (Å²) >= 11 is 0. The Bertz CT molecular complexity index is 295. The van der Waals surface area contributed by atoms with E-state index >= 15 is 0 Å². The molecule has 0 spiro atoms. The summed E-state index contributed by atoms with van der Waals surface area (Å²) in [5, 5.41) is 12.1. The van der Waals surface area contributed by atoms with E-state index in [9.17, 15) is 0 Å². The van der Waals surface area contributed by atoms with Crippen LogP contribution in [0.2, 0.25) is 0 Å². The highest BCUT2D eigenvalue weighted by atomic mass is 16.7. The molecule has 0 radical (unpaired) electrons. The normalized spacial score (nSPS) is 15.4. The average Bonchev–Trinajstić information content (AvgIpc) is 2.39. The van der Waals surface area contributed by atoms with Crippen molar-refractivity contribution in [2.45, 2.75) is 64.4 Å². The van der Waals surface area contributed by atoms with E-state index in [1.54, 1.807) is 14.2 Å². The molecular weight excluding hydrogens is 240 g/mol. The van der Waals surface area contributed by atoms with E-state index in [2.05, 4.69) is 24.4 Å². The molecule has 0 aliphatic carbocycles. The fraction of sp³-hybridized carbons (Fsp3) is 0.800. The molecule has 0 fully saturated rings. The summed E-state index contributed by atoms with van der Waals surface area (Å²) in [6.07, 6.45) is 8.36. The number of nitriles is 1. The fourth-order valence-electron chi connectivity index (χ4n) is 1.64. The van der Waals surface area contributed by atoms with Crippen LogP contribution >= 0.6 is 0 Å². The minimum Gasteiger partial charge on any atom is -0.354 e. The Balaban J connectivity index is 4.55. The summed E-state index contributed by atoms with van der Waals surface area (Å²) in [4.78, 5) is 0. The standard InChI is InChI=1S/C15H28N2O2/c1-6-7-8-9-10-11-14(13(12-16)17-4)19-15(2,3)18-5/h10-11,13-14,17H,6-9H2,1-5H3/b11-10+/t13-,14-/m1/s1. The summed E-state index contributed by atoms with van der Waals surface area (Å²) in [5.41, 5.74) is 0. The van der Waals surface area contributed by atoms with Crippen molar-refractivity contribution in [1.29, 1.82) is 5.26 Å². The first-order valence-electron chi connectivity index (χ1n) is 6.97. The van der Waals surface area contributed by atoms with Gasteiger partial charge in [-0.2, -0.15) is 5.26 Å². The minimum absolute atomic E-state index is 0.313. The molecule has 0 saturated heterocycles. The molecule has 0 rings (SSSR count). The highest BCUT2D eigenvalue weighted by molar-refractivity contribution is 5.05. The molecule has 0 aliphatic rings. The maximum absolute atomic E-state index is 9.14. The quantitative estimate of drug-likeness (QED) is 0.376. The molecule has 0 aromatic carbocycles. The zero-order chi connectivity index (χ0) is 14.7. The number of allylic oxidation sites excluding steroid dienone is 1. The predicted octanol–water partition coefficient (Wildman–Crippen LogP) is 3.00. The number of unbranched alkanes of at least 4 members (excludes halogenated alkanes) is 3. The summed E-state index contributed by atoms with van der Waals surface area (Å²) < 4.78 is 11.1. The predicted molar refractivity (Wildman–Crippen MR) is 77.7 cm³/mol. The van der Waals surface area contributed by atoms with Crippen LogP contribution in [0.1, 0.15) is 46.5 Å². The summed E-state index contributed by atoms with van der Waals surface area (Å²) in [5.74, 6) is -0.704. The van der Waals surface area contributed by atoms with Gasteiger partial charge in [-0.1, -0.05) is 31.9 Å². The lowest BCUT2D eigenvalue weighted by atomic mass is 10.1. The van der Waals surface area contributed by atoms with Gasteiger partial charge in [0.15, 0.2) is 5.79 Å². The van der Waals surface area contributed by atoms with Crippen molar-refractivity contribution in [3.05, 3.63) is 12.2 Å². The van der Waals surface area contributed by atoms with E-state index in [1.165, 1.54) is 19.3 Å². The molecule has 4 heteroatoms. The lowest BCUT2D eigenvalue weighted by Crippen LogP contribution is -2.42. The highest BCUT2D eigenvalue weighted by Crippen LogP contribution is 2.16. The van der Waals surface area contributed by atoms with Gasteiger partial charge >= 0.3 is 0 Å². The summed E-state index contributed by atoms with van der Waals surface area (Å²) in [6, 6.07) is 1.83. The maximum Gasteiger partial charge on any atom is 0.163 e. The number of hydrogen-bond acceptors (Lipinski definition) is 4. The Kier molecular flexibility index (Phi) is 9.50. The number of hydrogen-bond donors (Lipinski definition) is 1. The van der Waals surface area contributed by atoms with Crippen molar-refractivity contribution in [3.8, 4) is 6.07 Å². The second-order valence-electron chi connectivity index (χ2n) is 5.01. The Labute approximate surface area is 117 Å². The van der Waals surface area contributed by atoms with E-state index in [-0.39, 0.29) is 12.1 Å². The molecule has 0 unspecified atom stereocenters. The first-order chi connectivity index (χ1) is 9.00. The number of rotatable bonds is 10. The molecule has 4 nitrogen and oxygen atoms in total.